The summed E-state index contributed by atoms with van der Waals surface area (Å²) in [5.41, 5.74) is 0.562. The van der Waals surface area contributed by atoms with Crippen LogP contribution in [0.1, 0.15) is 12.6 Å². The number of benzene rings is 1. The first-order valence-electron chi connectivity index (χ1n) is 5.44. The fourth-order valence-electron chi connectivity index (χ4n) is 1.38. The summed E-state index contributed by atoms with van der Waals surface area (Å²) in [5, 5.41) is 7.71. The lowest BCUT2D eigenvalue weighted by Crippen LogP contribution is -2.03. The number of hydrogen-bond donors (Lipinski definition) is 1. The molecule has 0 fully saturated rings. The highest BCUT2D eigenvalue weighted by Crippen LogP contribution is 2.27. The monoisotopic (exact) mass is 349 g/mol. The van der Waals surface area contributed by atoms with Crippen LogP contribution in [0, 0.1) is 11.6 Å². The van der Waals surface area contributed by atoms with E-state index < -0.39 is 11.6 Å². The number of nitrogens with one attached hydrogen (secondary N) is 1. The molecule has 1 N–H and O–H groups in total. The number of anilines is 1. The molecule has 0 saturated carbocycles. The van der Waals surface area contributed by atoms with Crippen LogP contribution < -0.4 is 10.1 Å². The minimum absolute atomic E-state index is 0.0195. The zero-order valence-corrected chi connectivity index (χ0v) is 12.3. The molecule has 1 heterocycles. The molecule has 2 rings (SSSR count). The van der Waals surface area contributed by atoms with Crippen molar-refractivity contribution < 1.29 is 13.5 Å². The number of nitrogens with zero attached hydrogens (tertiary/aromatic N) is 2. The average molecular weight is 350 g/mol. The lowest BCUT2D eigenvalue weighted by Gasteiger charge is -2.08. The van der Waals surface area contributed by atoms with Gasteiger partial charge in [-0.3, -0.25) is 0 Å². The Balaban J connectivity index is 2.12. The summed E-state index contributed by atoms with van der Waals surface area (Å²) in [7, 11) is 0. The molecule has 4 nitrogen and oxygen atoms in total. The van der Waals surface area contributed by atoms with E-state index in [0.29, 0.717) is 10.2 Å². The first-order valence-corrected chi connectivity index (χ1v) is 7.01. The van der Waals surface area contributed by atoms with Crippen LogP contribution in [-0.2, 0) is 6.61 Å². The molecular formula is C11H10BrF2N3OS. The van der Waals surface area contributed by atoms with Crippen molar-refractivity contribution in [1.82, 2.24) is 9.59 Å². The Hall–Kier alpha value is -1.28. The van der Waals surface area contributed by atoms with Gasteiger partial charge in [-0.05, 0) is 19.1 Å². The van der Waals surface area contributed by atoms with Crippen molar-refractivity contribution in [1.29, 1.82) is 0 Å². The Morgan fingerprint density at radius 2 is 2.21 bits per heavy atom. The zero-order chi connectivity index (χ0) is 13.8. The van der Waals surface area contributed by atoms with Gasteiger partial charge >= 0.3 is 0 Å². The van der Waals surface area contributed by atoms with Gasteiger partial charge in [-0.1, -0.05) is 20.4 Å². The molecule has 0 amide bonds. The molecule has 19 heavy (non-hydrogen) atoms. The van der Waals surface area contributed by atoms with Gasteiger partial charge in [0.15, 0.2) is 11.6 Å². The third-order valence-electron chi connectivity index (χ3n) is 2.22. The van der Waals surface area contributed by atoms with Crippen LogP contribution in [0.25, 0.3) is 0 Å². The van der Waals surface area contributed by atoms with Gasteiger partial charge < -0.3 is 10.1 Å². The van der Waals surface area contributed by atoms with Gasteiger partial charge in [-0.2, -0.15) is 4.39 Å². The number of halogens is 3. The van der Waals surface area contributed by atoms with Crippen molar-refractivity contribution in [3.8, 4) is 5.75 Å². The van der Waals surface area contributed by atoms with E-state index in [1.165, 1.54) is 17.6 Å². The van der Waals surface area contributed by atoms with Crippen molar-refractivity contribution in [3.63, 3.8) is 0 Å². The normalized spacial score (nSPS) is 10.5. The molecule has 1 aromatic heterocycles. The minimum atomic E-state index is -1.02. The van der Waals surface area contributed by atoms with Gasteiger partial charge in [0.25, 0.3) is 0 Å². The van der Waals surface area contributed by atoms with Crippen LogP contribution >= 0.6 is 27.5 Å². The summed E-state index contributed by atoms with van der Waals surface area (Å²) < 4.78 is 36.1. The maximum Gasteiger partial charge on any atom is 0.200 e. The molecule has 8 heteroatoms. The second-order valence-electron chi connectivity index (χ2n) is 3.57. The second kappa shape index (κ2) is 6.25. The maximum absolute atomic E-state index is 13.5. The summed E-state index contributed by atoms with van der Waals surface area (Å²) in [5.74, 6) is -2.15. The third-order valence-corrected chi connectivity index (χ3v) is 3.40. The molecule has 2 aromatic rings. The Morgan fingerprint density at radius 1 is 1.42 bits per heavy atom. The first kappa shape index (κ1) is 14.1. The van der Waals surface area contributed by atoms with Crippen LogP contribution in [0.4, 0.5) is 13.8 Å². The first-order chi connectivity index (χ1) is 9.11. The summed E-state index contributed by atoms with van der Waals surface area (Å²) in [6.45, 7) is 2.68. The molecule has 0 aliphatic heterocycles. The van der Waals surface area contributed by atoms with E-state index in [0.717, 1.165) is 17.6 Å². The molecule has 0 aliphatic rings. The largest absolute Gasteiger partial charge is 0.484 e. The van der Waals surface area contributed by atoms with E-state index in [1.807, 2.05) is 6.92 Å². The van der Waals surface area contributed by atoms with Crippen molar-refractivity contribution in [2.24, 2.45) is 0 Å². The highest BCUT2D eigenvalue weighted by atomic mass is 79.9. The molecule has 1 aromatic carbocycles. The van der Waals surface area contributed by atoms with E-state index in [4.69, 9.17) is 4.74 Å². The SMILES string of the molecule is CCNc1snnc1COc1cc(Br)cc(F)c1F. The van der Waals surface area contributed by atoms with Crippen LogP contribution in [0.2, 0.25) is 0 Å². The molecule has 0 unspecified atom stereocenters. The molecule has 0 bridgehead atoms. The predicted molar refractivity (Wildman–Crippen MR) is 72.5 cm³/mol. The van der Waals surface area contributed by atoms with E-state index in [-0.39, 0.29) is 12.4 Å². The molecule has 0 saturated heterocycles. The summed E-state index contributed by atoms with van der Waals surface area (Å²) >= 11 is 4.27. The van der Waals surface area contributed by atoms with Crippen LogP contribution in [0.15, 0.2) is 16.6 Å². The van der Waals surface area contributed by atoms with Gasteiger partial charge in [-0.25, -0.2) is 4.39 Å². The average Bonchev–Trinajstić information content (AvgIpc) is 2.80. The standard InChI is InChI=1S/C11H10BrF2N3OS/c1-2-15-11-8(16-17-19-11)5-18-9-4-6(12)3-7(13)10(9)14/h3-4,15H,2,5H2,1H3. The van der Waals surface area contributed by atoms with E-state index >= 15 is 0 Å². The molecule has 0 spiro atoms. The predicted octanol–water partition coefficient (Wildman–Crippen LogP) is 3.59. The molecule has 0 radical (unpaired) electrons. The molecule has 0 atom stereocenters. The Kier molecular flexibility index (Phi) is 4.65. The highest BCUT2D eigenvalue weighted by molar-refractivity contribution is 9.10. The minimum Gasteiger partial charge on any atom is -0.484 e. The quantitative estimate of drug-likeness (QED) is 0.838. The van der Waals surface area contributed by atoms with Gasteiger partial charge in [-0.15, -0.1) is 5.10 Å². The Morgan fingerprint density at radius 3 is 2.95 bits per heavy atom. The Labute approximate surface area is 121 Å². The summed E-state index contributed by atoms with van der Waals surface area (Å²) in [6.07, 6.45) is 0. The summed E-state index contributed by atoms with van der Waals surface area (Å²) in [4.78, 5) is 0. The van der Waals surface area contributed by atoms with Gasteiger partial charge in [0.2, 0.25) is 5.82 Å². The van der Waals surface area contributed by atoms with Crippen LogP contribution in [0.5, 0.6) is 5.75 Å². The fraction of sp³-hybridized carbons (Fsp3) is 0.273. The lowest BCUT2D eigenvalue weighted by molar-refractivity contribution is 0.280. The van der Waals surface area contributed by atoms with Crippen molar-refractivity contribution in [3.05, 3.63) is 33.9 Å². The molecule has 0 aliphatic carbocycles. The van der Waals surface area contributed by atoms with Crippen molar-refractivity contribution >= 4 is 32.5 Å². The lowest BCUT2D eigenvalue weighted by atomic mass is 10.3. The topological polar surface area (TPSA) is 47.0 Å². The van der Waals surface area contributed by atoms with E-state index in [2.05, 4.69) is 30.8 Å². The Bertz CT molecular complexity index is 579. The van der Waals surface area contributed by atoms with E-state index in [9.17, 15) is 8.78 Å². The number of hydrogen-bond acceptors (Lipinski definition) is 5. The molecule has 102 valence electrons. The third kappa shape index (κ3) is 3.38. The van der Waals surface area contributed by atoms with E-state index in [1.54, 1.807) is 0 Å². The summed E-state index contributed by atoms with van der Waals surface area (Å²) in [6, 6.07) is 2.40. The molecular weight excluding hydrogens is 340 g/mol. The van der Waals surface area contributed by atoms with Crippen LogP contribution in [-0.4, -0.2) is 16.1 Å². The second-order valence-corrected chi connectivity index (χ2v) is 5.24. The maximum atomic E-state index is 13.5. The highest BCUT2D eigenvalue weighted by Gasteiger charge is 2.13. The van der Waals surface area contributed by atoms with Gasteiger partial charge in [0, 0.05) is 22.5 Å². The van der Waals surface area contributed by atoms with Gasteiger partial charge in [0.1, 0.15) is 17.3 Å². The number of aromatic nitrogens is 2. The number of rotatable bonds is 5. The van der Waals surface area contributed by atoms with Gasteiger partial charge in [0.05, 0.1) is 0 Å². The fourth-order valence-corrected chi connectivity index (χ4v) is 2.43. The van der Waals surface area contributed by atoms with Crippen molar-refractivity contribution in [2.75, 3.05) is 11.9 Å². The zero-order valence-electron chi connectivity index (χ0n) is 9.91. The van der Waals surface area contributed by atoms with Crippen LogP contribution in [0.3, 0.4) is 0 Å². The smallest absolute Gasteiger partial charge is 0.200 e. The number of ether oxygens (including phenoxy) is 1. The van der Waals surface area contributed by atoms with Crippen molar-refractivity contribution in [2.45, 2.75) is 13.5 Å².